The maximum Gasteiger partial charge on any atom is 0.233 e. The van der Waals surface area contributed by atoms with E-state index < -0.39 is 0 Å². The summed E-state index contributed by atoms with van der Waals surface area (Å²) in [6.45, 7) is 7.29. The van der Waals surface area contributed by atoms with E-state index in [0.717, 1.165) is 56.4 Å². The number of benzene rings is 1. The SMILES string of the molecule is Cc1ccc(C2(C(=O)N3CCN(c4cccn4-c4cc(C)[nH]n4)CC3)CC2)cc1. The van der Waals surface area contributed by atoms with Gasteiger partial charge in [0.1, 0.15) is 5.82 Å². The molecule has 1 amide bonds. The molecule has 6 nitrogen and oxygen atoms in total. The molecule has 2 fully saturated rings. The maximum absolute atomic E-state index is 13.3. The van der Waals surface area contributed by atoms with Gasteiger partial charge in [-0.2, -0.15) is 5.10 Å². The molecule has 3 aromatic rings. The molecule has 1 aliphatic carbocycles. The molecular formula is C23H27N5O. The van der Waals surface area contributed by atoms with Crippen LogP contribution in [0.2, 0.25) is 0 Å². The lowest BCUT2D eigenvalue weighted by Gasteiger charge is -2.38. The van der Waals surface area contributed by atoms with Crippen molar-refractivity contribution in [3.05, 3.63) is 65.5 Å². The Morgan fingerprint density at radius 1 is 1.03 bits per heavy atom. The minimum Gasteiger partial charge on any atom is -0.354 e. The summed E-state index contributed by atoms with van der Waals surface area (Å²) in [5, 5.41) is 7.39. The molecule has 2 aromatic heterocycles. The Morgan fingerprint density at radius 2 is 1.76 bits per heavy atom. The first kappa shape index (κ1) is 18.0. The first-order valence-electron chi connectivity index (χ1n) is 10.4. The summed E-state index contributed by atoms with van der Waals surface area (Å²) in [5.41, 5.74) is 3.18. The monoisotopic (exact) mass is 389 g/mol. The van der Waals surface area contributed by atoms with Crippen molar-refractivity contribution >= 4 is 11.7 Å². The van der Waals surface area contributed by atoms with Crippen LogP contribution in [0.25, 0.3) is 5.82 Å². The Balaban J connectivity index is 1.29. The number of amides is 1. The normalized spacial score (nSPS) is 18.1. The first-order chi connectivity index (χ1) is 14.1. The smallest absolute Gasteiger partial charge is 0.233 e. The van der Waals surface area contributed by atoms with Gasteiger partial charge < -0.3 is 9.80 Å². The van der Waals surface area contributed by atoms with E-state index >= 15 is 0 Å². The van der Waals surface area contributed by atoms with E-state index in [1.54, 1.807) is 0 Å². The predicted octanol–water partition coefficient (Wildman–Crippen LogP) is 3.20. The quantitative estimate of drug-likeness (QED) is 0.746. The summed E-state index contributed by atoms with van der Waals surface area (Å²) in [7, 11) is 0. The summed E-state index contributed by atoms with van der Waals surface area (Å²) < 4.78 is 2.11. The second kappa shape index (κ2) is 6.79. The fourth-order valence-electron chi connectivity index (χ4n) is 4.42. The van der Waals surface area contributed by atoms with E-state index in [1.165, 1.54) is 11.1 Å². The van der Waals surface area contributed by atoms with Gasteiger partial charge in [-0.3, -0.25) is 14.5 Å². The van der Waals surface area contributed by atoms with Crippen molar-refractivity contribution in [3.63, 3.8) is 0 Å². The third kappa shape index (κ3) is 3.12. The number of hydrogen-bond donors (Lipinski definition) is 1. The fraction of sp³-hybridized carbons (Fsp3) is 0.391. The van der Waals surface area contributed by atoms with Crippen LogP contribution in [0.4, 0.5) is 5.82 Å². The second-order valence-corrected chi connectivity index (χ2v) is 8.37. The Bertz CT molecular complexity index is 1020. The standard InChI is InChI=1S/C23H27N5O/c1-17-5-7-19(8-6-17)23(9-10-23)22(29)27-14-12-26(13-15-27)21-4-3-11-28(21)20-16-18(2)24-25-20/h3-8,11,16H,9-10,12-15H2,1-2H3,(H,24,25). The third-order valence-corrected chi connectivity index (χ3v) is 6.32. The van der Waals surface area contributed by atoms with Crippen LogP contribution in [-0.4, -0.2) is 51.8 Å². The molecule has 1 N–H and O–H groups in total. The molecule has 0 spiro atoms. The zero-order chi connectivity index (χ0) is 20.0. The number of anilines is 1. The maximum atomic E-state index is 13.3. The number of carbonyl (C=O) groups is 1. The molecule has 3 heterocycles. The van der Waals surface area contributed by atoms with Crippen molar-refractivity contribution in [1.29, 1.82) is 0 Å². The average Bonchev–Trinajstić information content (AvgIpc) is 3.19. The van der Waals surface area contributed by atoms with Gasteiger partial charge in [0, 0.05) is 44.1 Å². The van der Waals surface area contributed by atoms with E-state index in [1.807, 2.05) is 25.3 Å². The van der Waals surface area contributed by atoms with Gasteiger partial charge in [-0.15, -0.1) is 0 Å². The van der Waals surface area contributed by atoms with Crippen LogP contribution < -0.4 is 4.90 Å². The van der Waals surface area contributed by atoms with E-state index in [2.05, 4.69) is 61.8 Å². The first-order valence-corrected chi connectivity index (χ1v) is 10.4. The Morgan fingerprint density at radius 3 is 2.38 bits per heavy atom. The zero-order valence-corrected chi connectivity index (χ0v) is 17.1. The molecule has 2 aliphatic rings. The van der Waals surface area contributed by atoms with Crippen LogP contribution in [0.3, 0.4) is 0 Å². The number of rotatable bonds is 4. The van der Waals surface area contributed by atoms with Gasteiger partial charge in [0.2, 0.25) is 5.91 Å². The number of aryl methyl sites for hydroxylation is 2. The van der Waals surface area contributed by atoms with Crippen LogP contribution >= 0.6 is 0 Å². The molecule has 6 heteroatoms. The number of nitrogens with one attached hydrogen (secondary N) is 1. The zero-order valence-electron chi connectivity index (χ0n) is 17.1. The van der Waals surface area contributed by atoms with E-state index in [4.69, 9.17) is 0 Å². The van der Waals surface area contributed by atoms with E-state index in [-0.39, 0.29) is 5.41 Å². The lowest BCUT2D eigenvalue weighted by molar-refractivity contribution is -0.134. The molecule has 0 bridgehead atoms. The topological polar surface area (TPSA) is 57.2 Å². The Labute approximate surface area is 171 Å². The molecule has 150 valence electrons. The minimum absolute atomic E-state index is 0.275. The van der Waals surface area contributed by atoms with Crippen LogP contribution in [0.1, 0.15) is 29.7 Å². The number of carbonyl (C=O) groups excluding carboxylic acids is 1. The second-order valence-electron chi connectivity index (χ2n) is 8.37. The van der Waals surface area contributed by atoms with Gasteiger partial charge in [-0.1, -0.05) is 29.8 Å². The van der Waals surface area contributed by atoms with Crippen LogP contribution in [-0.2, 0) is 10.2 Å². The molecule has 1 saturated carbocycles. The van der Waals surface area contributed by atoms with E-state index in [9.17, 15) is 4.79 Å². The Kier molecular flexibility index (Phi) is 4.23. The van der Waals surface area contributed by atoms with Crippen LogP contribution in [0, 0.1) is 13.8 Å². The highest BCUT2D eigenvalue weighted by Gasteiger charge is 2.53. The fourth-order valence-corrected chi connectivity index (χ4v) is 4.42. The molecule has 1 aromatic carbocycles. The highest BCUT2D eigenvalue weighted by Crippen LogP contribution is 2.49. The molecular weight excluding hydrogens is 362 g/mol. The minimum atomic E-state index is -0.275. The molecule has 0 radical (unpaired) electrons. The summed E-state index contributed by atoms with van der Waals surface area (Å²) in [6.07, 6.45) is 3.98. The van der Waals surface area contributed by atoms with Gasteiger partial charge in [0.25, 0.3) is 0 Å². The Hall–Kier alpha value is -3.02. The average molecular weight is 390 g/mol. The van der Waals surface area contributed by atoms with Gasteiger partial charge in [0.05, 0.1) is 5.41 Å². The van der Waals surface area contributed by atoms with Crippen LogP contribution in [0.15, 0.2) is 48.7 Å². The van der Waals surface area contributed by atoms with E-state index in [0.29, 0.717) is 5.91 Å². The van der Waals surface area contributed by atoms with Gasteiger partial charge in [0.15, 0.2) is 5.82 Å². The largest absolute Gasteiger partial charge is 0.354 e. The number of aromatic amines is 1. The molecule has 29 heavy (non-hydrogen) atoms. The summed E-state index contributed by atoms with van der Waals surface area (Å²) in [4.78, 5) is 17.8. The predicted molar refractivity (Wildman–Crippen MR) is 114 cm³/mol. The van der Waals surface area contributed by atoms with Crippen molar-refractivity contribution in [3.8, 4) is 5.82 Å². The molecule has 0 unspecified atom stereocenters. The number of hydrogen-bond acceptors (Lipinski definition) is 3. The number of aromatic nitrogens is 3. The molecule has 1 saturated heterocycles. The molecule has 0 atom stereocenters. The number of piperazine rings is 1. The molecule has 5 rings (SSSR count). The van der Waals surface area contributed by atoms with Crippen molar-refractivity contribution < 1.29 is 4.79 Å². The highest BCUT2D eigenvalue weighted by molar-refractivity contribution is 5.91. The molecule has 1 aliphatic heterocycles. The van der Waals surface area contributed by atoms with Crippen molar-refractivity contribution in [2.24, 2.45) is 0 Å². The lowest BCUT2D eigenvalue weighted by Crippen LogP contribution is -2.52. The summed E-state index contributed by atoms with van der Waals surface area (Å²) in [6, 6.07) is 14.7. The van der Waals surface area contributed by atoms with Crippen LogP contribution in [0.5, 0.6) is 0 Å². The number of nitrogens with zero attached hydrogens (tertiary/aromatic N) is 4. The van der Waals surface area contributed by atoms with Crippen molar-refractivity contribution in [2.75, 3.05) is 31.1 Å². The van der Waals surface area contributed by atoms with Gasteiger partial charge in [-0.05, 0) is 44.4 Å². The summed E-state index contributed by atoms with van der Waals surface area (Å²) in [5.74, 6) is 2.33. The highest BCUT2D eigenvalue weighted by atomic mass is 16.2. The lowest BCUT2D eigenvalue weighted by atomic mass is 9.93. The van der Waals surface area contributed by atoms with Crippen molar-refractivity contribution in [2.45, 2.75) is 32.1 Å². The van der Waals surface area contributed by atoms with Gasteiger partial charge >= 0.3 is 0 Å². The van der Waals surface area contributed by atoms with Gasteiger partial charge in [-0.25, -0.2) is 0 Å². The van der Waals surface area contributed by atoms with Crippen molar-refractivity contribution in [1.82, 2.24) is 19.7 Å². The number of H-pyrrole nitrogens is 1. The summed E-state index contributed by atoms with van der Waals surface area (Å²) >= 11 is 0. The third-order valence-electron chi connectivity index (χ3n) is 6.32.